The van der Waals surface area contributed by atoms with Crippen molar-refractivity contribution in [3.05, 3.63) is 78.0 Å². The first-order valence-corrected chi connectivity index (χ1v) is 10.3. The lowest BCUT2D eigenvalue weighted by molar-refractivity contribution is -0.117. The van der Waals surface area contributed by atoms with Crippen LogP contribution < -0.4 is 20.1 Å². The number of fused-ring (bicyclic) bond motifs is 1. The number of aromatic nitrogens is 1. The summed E-state index contributed by atoms with van der Waals surface area (Å²) in [6.07, 6.45) is 2.01. The van der Waals surface area contributed by atoms with Crippen LogP contribution in [-0.4, -0.2) is 28.1 Å². The first-order valence-electron chi connectivity index (χ1n) is 10.3. The average molecular weight is 433 g/mol. The lowest BCUT2D eigenvalue weighted by Crippen LogP contribution is -2.40. The molecule has 8 nitrogen and oxygen atoms in total. The van der Waals surface area contributed by atoms with Gasteiger partial charge in [0, 0.05) is 6.07 Å². The summed E-state index contributed by atoms with van der Waals surface area (Å²) in [5.41, 5.74) is 2.69. The van der Waals surface area contributed by atoms with Gasteiger partial charge in [0.2, 0.25) is 11.8 Å². The molecule has 1 aliphatic rings. The summed E-state index contributed by atoms with van der Waals surface area (Å²) in [6, 6.07) is 18.3. The molecule has 2 heterocycles. The molecule has 0 fully saturated rings. The molecule has 1 unspecified atom stereocenters. The second-order valence-electron chi connectivity index (χ2n) is 7.47. The summed E-state index contributed by atoms with van der Waals surface area (Å²) in [5.74, 6) is 1.39. The number of benzene rings is 2. The minimum absolute atomic E-state index is 0.0494. The van der Waals surface area contributed by atoms with Gasteiger partial charge in [0.05, 0.1) is 11.9 Å². The van der Waals surface area contributed by atoms with Crippen molar-refractivity contribution in [2.75, 3.05) is 5.32 Å². The number of hydrogen-bond acceptors (Lipinski definition) is 5. The molecule has 0 aliphatic carbocycles. The zero-order chi connectivity index (χ0) is 22.5. The first-order chi connectivity index (χ1) is 15.5. The molecule has 2 atom stereocenters. The van der Waals surface area contributed by atoms with Crippen molar-refractivity contribution < 1.29 is 24.2 Å². The van der Waals surface area contributed by atoms with E-state index in [4.69, 9.17) is 14.6 Å². The number of amides is 2. The van der Waals surface area contributed by atoms with Crippen molar-refractivity contribution in [1.29, 1.82) is 0 Å². The van der Waals surface area contributed by atoms with Gasteiger partial charge >= 0.3 is 6.09 Å². The highest BCUT2D eigenvalue weighted by molar-refractivity contribution is 5.95. The van der Waals surface area contributed by atoms with E-state index in [0.29, 0.717) is 17.3 Å². The zero-order valence-corrected chi connectivity index (χ0v) is 17.4. The van der Waals surface area contributed by atoms with Gasteiger partial charge < -0.3 is 25.2 Å². The van der Waals surface area contributed by atoms with Crippen LogP contribution in [0.4, 0.5) is 10.5 Å². The fourth-order valence-corrected chi connectivity index (χ4v) is 3.47. The molecule has 4 rings (SSSR count). The Morgan fingerprint density at radius 3 is 2.69 bits per heavy atom. The fourth-order valence-electron chi connectivity index (χ4n) is 3.47. The number of nitrogens with zero attached hydrogens (tertiary/aromatic N) is 1. The molecule has 0 bridgehead atoms. The number of ether oxygens (including phenoxy) is 2. The van der Waals surface area contributed by atoms with Crippen molar-refractivity contribution in [3.8, 4) is 17.4 Å². The molecule has 8 heteroatoms. The van der Waals surface area contributed by atoms with Crippen molar-refractivity contribution in [2.45, 2.75) is 31.9 Å². The van der Waals surface area contributed by atoms with Gasteiger partial charge in [-0.15, -0.1) is 0 Å². The molecule has 3 aromatic rings. The number of carbonyl (C=O) groups excluding carboxylic acids is 1. The maximum atomic E-state index is 12.0. The van der Waals surface area contributed by atoms with Gasteiger partial charge in [-0.05, 0) is 55.2 Å². The van der Waals surface area contributed by atoms with E-state index in [-0.39, 0.29) is 6.10 Å². The number of anilines is 1. The van der Waals surface area contributed by atoms with E-state index in [0.717, 1.165) is 24.2 Å². The van der Waals surface area contributed by atoms with E-state index in [2.05, 4.69) is 27.8 Å². The Kier molecular flexibility index (Phi) is 6.21. The topological polar surface area (TPSA) is 110 Å². The largest absolute Gasteiger partial charge is 0.485 e. The third-order valence-electron chi connectivity index (χ3n) is 5.11. The van der Waals surface area contributed by atoms with Crippen molar-refractivity contribution >= 4 is 17.7 Å². The normalized spacial score (nSPS) is 15.6. The second kappa shape index (κ2) is 9.38. The summed E-state index contributed by atoms with van der Waals surface area (Å²) in [7, 11) is 0. The molecule has 3 N–H and O–H groups in total. The van der Waals surface area contributed by atoms with Gasteiger partial charge in [-0.2, -0.15) is 0 Å². The quantitative estimate of drug-likeness (QED) is 0.527. The van der Waals surface area contributed by atoms with Gasteiger partial charge in [0.25, 0.3) is 0 Å². The van der Waals surface area contributed by atoms with Crippen molar-refractivity contribution in [2.24, 2.45) is 0 Å². The van der Waals surface area contributed by atoms with E-state index in [1.54, 1.807) is 12.1 Å². The molecule has 2 aromatic carbocycles. The van der Waals surface area contributed by atoms with E-state index in [1.165, 1.54) is 18.7 Å². The summed E-state index contributed by atoms with van der Waals surface area (Å²) >= 11 is 0. The Balaban J connectivity index is 1.37. The highest BCUT2D eigenvalue weighted by atomic mass is 16.5. The molecule has 32 heavy (non-hydrogen) atoms. The molecule has 0 radical (unpaired) electrons. The minimum Gasteiger partial charge on any atom is -0.485 e. The predicted octanol–water partition coefficient (Wildman–Crippen LogP) is 4.53. The van der Waals surface area contributed by atoms with Crippen LogP contribution in [0.25, 0.3) is 0 Å². The van der Waals surface area contributed by atoms with Crippen LogP contribution in [0.3, 0.4) is 0 Å². The van der Waals surface area contributed by atoms with Crippen LogP contribution in [0, 0.1) is 0 Å². The molecule has 0 spiro atoms. The summed E-state index contributed by atoms with van der Waals surface area (Å²) in [6.45, 7) is 1.45. The van der Waals surface area contributed by atoms with Gasteiger partial charge in [-0.3, -0.25) is 4.79 Å². The van der Waals surface area contributed by atoms with Gasteiger partial charge in [-0.25, -0.2) is 9.78 Å². The Morgan fingerprint density at radius 2 is 1.97 bits per heavy atom. The Bertz CT molecular complexity index is 1100. The van der Waals surface area contributed by atoms with Crippen LogP contribution in [0.15, 0.2) is 66.9 Å². The molecule has 0 saturated heterocycles. The van der Waals surface area contributed by atoms with Gasteiger partial charge in [0.15, 0.2) is 0 Å². The molecule has 2 amide bonds. The van der Waals surface area contributed by atoms with Crippen molar-refractivity contribution in [3.63, 3.8) is 0 Å². The Hall–Kier alpha value is -4.07. The Labute approximate surface area is 185 Å². The molecular formula is C24H23N3O5. The van der Waals surface area contributed by atoms with Gasteiger partial charge in [-0.1, -0.05) is 30.3 Å². The zero-order valence-electron chi connectivity index (χ0n) is 17.4. The summed E-state index contributed by atoms with van der Waals surface area (Å²) < 4.78 is 12.0. The summed E-state index contributed by atoms with van der Waals surface area (Å²) in [5, 5.41) is 13.4. The minimum atomic E-state index is -1.26. The standard InChI is InChI=1S/C24H23N3O5/c1-15(26-24(29)30)23(28)27-18-8-12-22(25-14-18)31-19-9-11-21-17(13-19)7-10-20(32-21)16-5-3-2-4-6-16/h2-6,8-9,11-15,20,26H,7,10H2,1H3,(H,27,28)(H,29,30)/t15-,20?/m1/s1. The number of hydrogen-bond donors (Lipinski definition) is 3. The predicted molar refractivity (Wildman–Crippen MR) is 118 cm³/mol. The number of nitrogens with one attached hydrogen (secondary N) is 2. The second-order valence-corrected chi connectivity index (χ2v) is 7.47. The number of pyridine rings is 1. The molecule has 0 saturated carbocycles. The maximum absolute atomic E-state index is 12.0. The lowest BCUT2D eigenvalue weighted by Gasteiger charge is -2.26. The molecule has 1 aromatic heterocycles. The first kappa shape index (κ1) is 21.2. The van der Waals surface area contributed by atoms with E-state index in [9.17, 15) is 9.59 Å². The SMILES string of the molecule is C[C@@H](NC(=O)O)C(=O)Nc1ccc(Oc2ccc3c(c2)CCC(c2ccccc2)O3)nc1. The summed E-state index contributed by atoms with van der Waals surface area (Å²) in [4.78, 5) is 26.8. The lowest BCUT2D eigenvalue weighted by atomic mass is 9.97. The van der Waals surface area contributed by atoms with Crippen LogP contribution in [0.2, 0.25) is 0 Å². The Morgan fingerprint density at radius 1 is 1.16 bits per heavy atom. The van der Waals surface area contributed by atoms with Crippen LogP contribution in [0.5, 0.6) is 17.4 Å². The number of aryl methyl sites for hydroxylation is 1. The fraction of sp³-hybridized carbons (Fsp3) is 0.208. The molecular weight excluding hydrogens is 410 g/mol. The van der Waals surface area contributed by atoms with E-state index < -0.39 is 18.0 Å². The van der Waals surface area contributed by atoms with Crippen LogP contribution in [-0.2, 0) is 11.2 Å². The third kappa shape index (κ3) is 5.15. The average Bonchev–Trinajstić information content (AvgIpc) is 2.80. The molecule has 1 aliphatic heterocycles. The molecule has 164 valence electrons. The maximum Gasteiger partial charge on any atom is 0.405 e. The highest BCUT2D eigenvalue weighted by Crippen LogP contribution is 2.37. The van der Waals surface area contributed by atoms with Crippen LogP contribution in [0.1, 0.15) is 30.6 Å². The smallest absolute Gasteiger partial charge is 0.405 e. The number of carbonyl (C=O) groups is 2. The third-order valence-corrected chi connectivity index (χ3v) is 5.11. The number of carboxylic acid groups (broad SMARTS) is 1. The van der Waals surface area contributed by atoms with Gasteiger partial charge in [0.1, 0.15) is 23.6 Å². The number of rotatable bonds is 6. The van der Waals surface area contributed by atoms with E-state index >= 15 is 0 Å². The monoisotopic (exact) mass is 433 g/mol. The highest BCUT2D eigenvalue weighted by Gasteiger charge is 2.21. The van der Waals surface area contributed by atoms with Crippen LogP contribution >= 0.6 is 0 Å². The van der Waals surface area contributed by atoms with Crippen molar-refractivity contribution in [1.82, 2.24) is 10.3 Å². The van der Waals surface area contributed by atoms with E-state index in [1.807, 2.05) is 36.4 Å².